The molecule has 0 aliphatic heterocycles. The maximum Gasteiger partial charge on any atom is 0.319 e. The van der Waals surface area contributed by atoms with Crippen LogP contribution in [0.3, 0.4) is 0 Å². The number of nitrogens with zero attached hydrogens (tertiary/aromatic N) is 1. The molecule has 2 aromatic rings. The van der Waals surface area contributed by atoms with Crippen LogP contribution < -0.4 is 10.6 Å². The van der Waals surface area contributed by atoms with E-state index in [9.17, 15) is 9.59 Å². The lowest BCUT2D eigenvalue weighted by molar-refractivity contribution is -0.136. The zero-order valence-corrected chi connectivity index (χ0v) is 13.2. The molecule has 0 radical (unpaired) electrons. The third kappa shape index (κ3) is 5.16. The topological polar surface area (TPSA) is 91.3 Å². The summed E-state index contributed by atoms with van der Waals surface area (Å²) in [5, 5.41) is 14.0. The highest BCUT2D eigenvalue weighted by Crippen LogP contribution is 2.21. The summed E-state index contributed by atoms with van der Waals surface area (Å²) in [4.78, 5) is 27.2. The minimum Gasteiger partial charge on any atom is -0.481 e. The second-order valence-corrected chi connectivity index (χ2v) is 6.67. The largest absolute Gasteiger partial charge is 0.481 e. The Bertz CT molecular complexity index is 642. The zero-order valence-electron chi connectivity index (χ0n) is 10.8. The molecule has 2 amide bonds. The number of thiophene rings is 1. The van der Waals surface area contributed by atoms with Crippen molar-refractivity contribution in [3.05, 3.63) is 44.8 Å². The number of carbonyl (C=O) groups is 2. The van der Waals surface area contributed by atoms with E-state index in [4.69, 9.17) is 5.11 Å². The van der Waals surface area contributed by atoms with Gasteiger partial charge in [0, 0.05) is 4.88 Å². The van der Waals surface area contributed by atoms with Crippen molar-refractivity contribution in [1.82, 2.24) is 10.3 Å². The lowest BCUT2D eigenvalue weighted by atomic mass is 10.2. The number of aliphatic carboxylic acids is 1. The zero-order chi connectivity index (χ0) is 15.2. The highest BCUT2D eigenvalue weighted by molar-refractivity contribution is 9.11. The Hall–Kier alpha value is -1.93. The standard InChI is InChI=1S/C13H12BrN3O3S/c14-11-4-3-10(21-11)7-16-13(20)17-9-2-1-8(15-6-9)5-12(18)19/h1-4,6H,5,7H2,(H,18,19)(H2,16,17,20). The molecule has 6 nitrogen and oxygen atoms in total. The first-order chi connectivity index (χ1) is 10.0. The minimum atomic E-state index is -0.942. The quantitative estimate of drug-likeness (QED) is 0.755. The van der Waals surface area contributed by atoms with Crippen molar-refractivity contribution in [2.24, 2.45) is 0 Å². The predicted molar refractivity (Wildman–Crippen MR) is 83.5 cm³/mol. The van der Waals surface area contributed by atoms with Gasteiger partial charge < -0.3 is 15.7 Å². The molecule has 0 aliphatic carbocycles. The lowest BCUT2D eigenvalue weighted by Gasteiger charge is -2.06. The van der Waals surface area contributed by atoms with Crippen LogP contribution in [0.25, 0.3) is 0 Å². The van der Waals surface area contributed by atoms with Gasteiger partial charge >= 0.3 is 12.0 Å². The molecule has 0 unspecified atom stereocenters. The smallest absolute Gasteiger partial charge is 0.319 e. The Morgan fingerprint density at radius 1 is 1.29 bits per heavy atom. The Kier molecular flexibility index (Phi) is 5.29. The molecule has 21 heavy (non-hydrogen) atoms. The number of carbonyl (C=O) groups excluding carboxylic acids is 1. The number of carboxylic acids is 1. The summed E-state index contributed by atoms with van der Waals surface area (Å²) in [5.74, 6) is -0.942. The van der Waals surface area contributed by atoms with Crippen molar-refractivity contribution in [1.29, 1.82) is 0 Å². The fraction of sp³-hybridized carbons (Fsp3) is 0.154. The van der Waals surface area contributed by atoms with Crippen molar-refractivity contribution in [2.45, 2.75) is 13.0 Å². The van der Waals surface area contributed by atoms with E-state index in [1.807, 2.05) is 12.1 Å². The molecule has 0 bridgehead atoms. The van der Waals surface area contributed by atoms with Crippen LogP contribution in [-0.2, 0) is 17.8 Å². The molecule has 0 fully saturated rings. The van der Waals surface area contributed by atoms with Crippen LogP contribution in [0.15, 0.2) is 34.2 Å². The Morgan fingerprint density at radius 2 is 2.10 bits per heavy atom. The van der Waals surface area contributed by atoms with E-state index in [2.05, 4.69) is 31.5 Å². The number of urea groups is 1. The molecule has 2 heterocycles. The molecule has 2 rings (SSSR count). The Labute approximate surface area is 133 Å². The summed E-state index contributed by atoms with van der Waals surface area (Å²) in [7, 11) is 0. The number of nitrogens with one attached hydrogen (secondary N) is 2. The summed E-state index contributed by atoms with van der Waals surface area (Å²) in [6.45, 7) is 0.437. The van der Waals surface area contributed by atoms with Gasteiger partial charge in [0.05, 0.1) is 34.3 Å². The molecule has 0 saturated heterocycles. The SMILES string of the molecule is O=C(O)Cc1ccc(NC(=O)NCc2ccc(Br)s2)cn1. The van der Waals surface area contributed by atoms with Gasteiger partial charge in [0.2, 0.25) is 0 Å². The third-order valence-electron chi connectivity index (χ3n) is 2.47. The van der Waals surface area contributed by atoms with Crippen LogP contribution in [0.5, 0.6) is 0 Å². The average Bonchev–Trinajstić information content (AvgIpc) is 2.84. The summed E-state index contributed by atoms with van der Waals surface area (Å²) < 4.78 is 1.01. The maximum absolute atomic E-state index is 11.7. The number of pyridine rings is 1. The molecule has 0 aliphatic rings. The normalized spacial score (nSPS) is 10.1. The van der Waals surface area contributed by atoms with Gasteiger partial charge in [0.15, 0.2) is 0 Å². The number of hydrogen-bond acceptors (Lipinski definition) is 4. The van der Waals surface area contributed by atoms with E-state index in [-0.39, 0.29) is 12.5 Å². The highest BCUT2D eigenvalue weighted by atomic mass is 79.9. The number of carboxylic acid groups (broad SMARTS) is 1. The molecular weight excluding hydrogens is 358 g/mol. The van der Waals surface area contributed by atoms with E-state index in [0.717, 1.165) is 8.66 Å². The van der Waals surface area contributed by atoms with Crippen LogP contribution in [0.2, 0.25) is 0 Å². The van der Waals surface area contributed by atoms with Gasteiger partial charge in [-0.3, -0.25) is 9.78 Å². The lowest BCUT2D eigenvalue weighted by Crippen LogP contribution is -2.27. The molecule has 0 atom stereocenters. The minimum absolute atomic E-state index is 0.139. The molecule has 110 valence electrons. The summed E-state index contributed by atoms with van der Waals surface area (Å²) in [5.41, 5.74) is 0.950. The first-order valence-corrected chi connectivity index (χ1v) is 7.59. The van der Waals surface area contributed by atoms with Crippen LogP contribution in [0.4, 0.5) is 10.5 Å². The summed E-state index contributed by atoms with van der Waals surface area (Å²) >= 11 is 4.91. The number of anilines is 1. The van der Waals surface area contributed by atoms with E-state index < -0.39 is 5.97 Å². The van der Waals surface area contributed by atoms with Crippen LogP contribution in [0.1, 0.15) is 10.6 Å². The number of rotatable bonds is 5. The van der Waals surface area contributed by atoms with Crippen molar-refractivity contribution in [3.8, 4) is 0 Å². The number of amides is 2. The van der Waals surface area contributed by atoms with Crippen LogP contribution in [0, 0.1) is 0 Å². The Morgan fingerprint density at radius 3 is 2.67 bits per heavy atom. The van der Waals surface area contributed by atoms with Crippen molar-refractivity contribution in [2.75, 3.05) is 5.32 Å². The summed E-state index contributed by atoms with van der Waals surface area (Å²) in [6, 6.07) is 6.70. The molecule has 3 N–H and O–H groups in total. The van der Waals surface area contributed by atoms with E-state index in [1.54, 1.807) is 23.5 Å². The van der Waals surface area contributed by atoms with E-state index in [0.29, 0.717) is 17.9 Å². The molecule has 2 aromatic heterocycles. The van der Waals surface area contributed by atoms with E-state index in [1.165, 1.54) is 6.20 Å². The summed E-state index contributed by atoms with van der Waals surface area (Å²) in [6.07, 6.45) is 1.29. The molecule has 0 aromatic carbocycles. The van der Waals surface area contributed by atoms with Crippen molar-refractivity contribution >= 4 is 45.0 Å². The second-order valence-electron chi connectivity index (χ2n) is 4.12. The van der Waals surface area contributed by atoms with Gasteiger partial charge in [-0.05, 0) is 40.2 Å². The number of hydrogen-bond donors (Lipinski definition) is 3. The van der Waals surface area contributed by atoms with Crippen LogP contribution >= 0.6 is 27.3 Å². The van der Waals surface area contributed by atoms with Gasteiger partial charge in [0.25, 0.3) is 0 Å². The van der Waals surface area contributed by atoms with Gasteiger partial charge in [-0.2, -0.15) is 0 Å². The second kappa shape index (κ2) is 7.19. The average molecular weight is 370 g/mol. The molecule has 0 spiro atoms. The first-order valence-electron chi connectivity index (χ1n) is 5.99. The Balaban J connectivity index is 1.83. The highest BCUT2D eigenvalue weighted by Gasteiger charge is 2.05. The molecule has 0 saturated carbocycles. The van der Waals surface area contributed by atoms with Gasteiger partial charge in [-0.25, -0.2) is 4.79 Å². The molecule has 8 heteroatoms. The van der Waals surface area contributed by atoms with E-state index >= 15 is 0 Å². The predicted octanol–water partition coefficient (Wildman–Crippen LogP) is 2.85. The van der Waals surface area contributed by atoms with Gasteiger partial charge in [-0.15, -0.1) is 11.3 Å². The maximum atomic E-state index is 11.7. The van der Waals surface area contributed by atoms with Crippen molar-refractivity contribution < 1.29 is 14.7 Å². The fourth-order valence-electron chi connectivity index (χ4n) is 1.55. The monoisotopic (exact) mass is 369 g/mol. The molecular formula is C13H12BrN3O3S. The van der Waals surface area contributed by atoms with Gasteiger partial charge in [-0.1, -0.05) is 0 Å². The first kappa shape index (κ1) is 15.5. The number of halogens is 1. The van der Waals surface area contributed by atoms with Crippen molar-refractivity contribution in [3.63, 3.8) is 0 Å². The third-order valence-corrected chi connectivity index (χ3v) is 4.09. The fourth-order valence-corrected chi connectivity index (χ4v) is 2.97. The van der Waals surface area contributed by atoms with Crippen LogP contribution in [-0.4, -0.2) is 22.1 Å². The number of aromatic nitrogens is 1. The van der Waals surface area contributed by atoms with Gasteiger partial charge in [0.1, 0.15) is 0 Å².